The van der Waals surface area contributed by atoms with Gasteiger partial charge in [0.25, 0.3) is 0 Å². The Hall–Kier alpha value is -1.39. The van der Waals surface area contributed by atoms with Crippen LogP contribution in [0.1, 0.15) is 24.5 Å². The van der Waals surface area contributed by atoms with Crippen LogP contribution < -0.4 is 10.6 Å². The standard InChI is InChI=1S/C19H30N4O3.HI/c1-3-20-19(21-9-8-18(24)25-2)22-14-16-6-4-5-7-17(16)15-23-10-12-26-13-11-23;/h4-7H,3,8-15H2,1-2H3,(H2,20,21,22);1H. The Kier molecular flexibility index (Phi) is 12.0. The number of hydrogen-bond acceptors (Lipinski definition) is 5. The van der Waals surface area contributed by atoms with Gasteiger partial charge in [-0.1, -0.05) is 24.3 Å². The lowest BCUT2D eigenvalue weighted by Crippen LogP contribution is -2.38. The fraction of sp³-hybridized carbons (Fsp3) is 0.579. The second kappa shape index (κ2) is 13.7. The summed E-state index contributed by atoms with van der Waals surface area (Å²) >= 11 is 0. The molecule has 152 valence electrons. The van der Waals surface area contributed by atoms with Crippen molar-refractivity contribution in [3.05, 3.63) is 35.4 Å². The number of nitrogens with one attached hydrogen (secondary N) is 2. The number of carbonyl (C=O) groups excluding carboxylic acids is 1. The van der Waals surface area contributed by atoms with E-state index in [-0.39, 0.29) is 29.9 Å². The third-order valence-electron chi connectivity index (χ3n) is 4.22. The van der Waals surface area contributed by atoms with Gasteiger partial charge in [-0.05, 0) is 18.1 Å². The van der Waals surface area contributed by atoms with E-state index < -0.39 is 0 Å². The number of rotatable bonds is 8. The van der Waals surface area contributed by atoms with Crippen molar-refractivity contribution in [1.29, 1.82) is 0 Å². The number of ether oxygens (including phenoxy) is 2. The van der Waals surface area contributed by atoms with Crippen LogP contribution in [0.2, 0.25) is 0 Å². The van der Waals surface area contributed by atoms with Crippen molar-refractivity contribution in [3.8, 4) is 0 Å². The van der Waals surface area contributed by atoms with Gasteiger partial charge in [0.2, 0.25) is 0 Å². The fourth-order valence-corrected chi connectivity index (χ4v) is 2.76. The molecule has 1 aromatic carbocycles. The van der Waals surface area contributed by atoms with Crippen LogP contribution in [0.3, 0.4) is 0 Å². The zero-order valence-electron chi connectivity index (χ0n) is 16.2. The van der Waals surface area contributed by atoms with E-state index >= 15 is 0 Å². The van der Waals surface area contributed by atoms with Crippen molar-refractivity contribution >= 4 is 35.9 Å². The topological polar surface area (TPSA) is 75.2 Å². The first-order valence-electron chi connectivity index (χ1n) is 9.18. The van der Waals surface area contributed by atoms with E-state index in [0.717, 1.165) is 39.4 Å². The SMILES string of the molecule is CCNC(=NCc1ccccc1CN1CCOCC1)NCCC(=O)OC.I. The summed E-state index contributed by atoms with van der Waals surface area (Å²) in [4.78, 5) is 18.3. The molecule has 1 aliphatic rings. The lowest BCUT2D eigenvalue weighted by atomic mass is 10.1. The summed E-state index contributed by atoms with van der Waals surface area (Å²) in [6.07, 6.45) is 0.314. The van der Waals surface area contributed by atoms with Crippen molar-refractivity contribution in [2.45, 2.75) is 26.4 Å². The maximum atomic E-state index is 11.2. The predicted molar refractivity (Wildman–Crippen MR) is 117 cm³/mol. The summed E-state index contributed by atoms with van der Waals surface area (Å²) in [5, 5.41) is 6.37. The number of carbonyl (C=O) groups is 1. The minimum absolute atomic E-state index is 0. The summed E-state index contributed by atoms with van der Waals surface area (Å²) in [6.45, 7) is 8.32. The summed E-state index contributed by atoms with van der Waals surface area (Å²) in [7, 11) is 1.40. The molecule has 1 fully saturated rings. The third kappa shape index (κ3) is 8.89. The maximum Gasteiger partial charge on any atom is 0.307 e. The smallest absolute Gasteiger partial charge is 0.307 e. The highest BCUT2D eigenvalue weighted by atomic mass is 127. The normalized spacial score (nSPS) is 15.0. The second-order valence-corrected chi connectivity index (χ2v) is 6.11. The summed E-state index contributed by atoms with van der Waals surface area (Å²) in [5.74, 6) is 0.474. The van der Waals surface area contributed by atoms with E-state index in [1.165, 1.54) is 18.2 Å². The van der Waals surface area contributed by atoms with Gasteiger partial charge in [0.05, 0.1) is 33.3 Å². The van der Waals surface area contributed by atoms with Gasteiger partial charge in [-0.25, -0.2) is 4.99 Å². The van der Waals surface area contributed by atoms with Crippen molar-refractivity contribution in [2.75, 3.05) is 46.5 Å². The maximum absolute atomic E-state index is 11.2. The predicted octanol–water partition coefficient (Wildman–Crippen LogP) is 1.75. The van der Waals surface area contributed by atoms with Crippen molar-refractivity contribution in [2.24, 2.45) is 4.99 Å². The zero-order valence-corrected chi connectivity index (χ0v) is 18.5. The van der Waals surface area contributed by atoms with Crippen LogP contribution in [0.15, 0.2) is 29.3 Å². The molecule has 1 heterocycles. The number of esters is 1. The molecule has 0 amide bonds. The van der Waals surface area contributed by atoms with Crippen LogP contribution >= 0.6 is 24.0 Å². The molecule has 2 rings (SSSR count). The molecule has 2 N–H and O–H groups in total. The molecule has 0 unspecified atom stereocenters. The van der Waals surface area contributed by atoms with Crippen LogP contribution in [-0.2, 0) is 27.4 Å². The molecule has 1 saturated heterocycles. The first-order valence-corrected chi connectivity index (χ1v) is 9.18. The Morgan fingerprint density at radius 2 is 1.93 bits per heavy atom. The van der Waals surface area contributed by atoms with Gasteiger partial charge in [0.15, 0.2) is 5.96 Å². The first-order chi connectivity index (χ1) is 12.7. The molecule has 0 atom stereocenters. The minimum atomic E-state index is -0.232. The molecule has 27 heavy (non-hydrogen) atoms. The third-order valence-corrected chi connectivity index (χ3v) is 4.22. The Morgan fingerprint density at radius 1 is 1.22 bits per heavy atom. The van der Waals surface area contributed by atoms with Crippen molar-refractivity contribution < 1.29 is 14.3 Å². The Morgan fingerprint density at radius 3 is 2.59 bits per heavy atom. The number of guanidine groups is 1. The highest BCUT2D eigenvalue weighted by Crippen LogP contribution is 2.14. The molecular weight excluding hydrogens is 459 g/mol. The molecular formula is C19H31IN4O3. The molecule has 0 aromatic heterocycles. The van der Waals surface area contributed by atoms with Gasteiger partial charge in [0.1, 0.15) is 0 Å². The van der Waals surface area contributed by atoms with Crippen molar-refractivity contribution in [3.63, 3.8) is 0 Å². The largest absolute Gasteiger partial charge is 0.469 e. The second-order valence-electron chi connectivity index (χ2n) is 6.11. The molecule has 7 nitrogen and oxygen atoms in total. The van der Waals surface area contributed by atoms with Crippen LogP contribution in [-0.4, -0.2) is 63.3 Å². The molecule has 0 radical (unpaired) electrons. The van der Waals surface area contributed by atoms with Gasteiger partial charge in [-0.15, -0.1) is 24.0 Å². The van der Waals surface area contributed by atoms with Gasteiger partial charge in [0, 0.05) is 32.7 Å². The fourth-order valence-electron chi connectivity index (χ4n) is 2.76. The number of methoxy groups -OCH3 is 1. The minimum Gasteiger partial charge on any atom is -0.469 e. The first kappa shape index (κ1) is 23.6. The number of aliphatic imine (C=N–C) groups is 1. The number of nitrogens with zero attached hydrogens (tertiary/aromatic N) is 2. The molecule has 1 aromatic rings. The van der Waals surface area contributed by atoms with Crippen LogP contribution in [0.25, 0.3) is 0 Å². The van der Waals surface area contributed by atoms with Gasteiger partial charge in [-0.2, -0.15) is 0 Å². The molecule has 0 bridgehead atoms. The summed E-state index contributed by atoms with van der Waals surface area (Å²) < 4.78 is 10.1. The van der Waals surface area contributed by atoms with Gasteiger partial charge in [-0.3, -0.25) is 9.69 Å². The Balaban J connectivity index is 0.00000364. The molecule has 0 aliphatic carbocycles. The van der Waals surface area contributed by atoms with Crippen LogP contribution in [0, 0.1) is 0 Å². The number of halogens is 1. The zero-order chi connectivity index (χ0) is 18.6. The molecule has 1 aliphatic heterocycles. The van der Waals surface area contributed by atoms with E-state index in [4.69, 9.17) is 4.74 Å². The van der Waals surface area contributed by atoms with E-state index in [1.807, 2.05) is 13.0 Å². The lowest BCUT2D eigenvalue weighted by molar-refractivity contribution is -0.140. The van der Waals surface area contributed by atoms with Gasteiger partial charge >= 0.3 is 5.97 Å². The summed E-state index contributed by atoms with van der Waals surface area (Å²) in [6, 6.07) is 8.41. The molecule has 0 saturated carbocycles. The molecule has 0 spiro atoms. The molecule has 8 heteroatoms. The number of benzene rings is 1. The summed E-state index contributed by atoms with van der Waals surface area (Å²) in [5.41, 5.74) is 2.51. The monoisotopic (exact) mass is 490 g/mol. The number of hydrogen-bond donors (Lipinski definition) is 2. The quantitative estimate of drug-likeness (QED) is 0.251. The van der Waals surface area contributed by atoms with Gasteiger partial charge < -0.3 is 20.1 Å². The number of morpholine rings is 1. The van der Waals surface area contributed by atoms with Crippen LogP contribution in [0.5, 0.6) is 0 Å². The lowest BCUT2D eigenvalue weighted by Gasteiger charge is -2.27. The Bertz CT molecular complexity index is 592. The average molecular weight is 490 g/mol. The Labute approximate surface area is 178 Å². The van der Waals surface area contributed by atoms with E-state index in [1.54, 1.807) is 0 Å². The van der Waals surface area contributed by atoms with Crippen LogP contribution in [0.4, 0.5) is 0 Å². The van der Waals surface area contributed by atoms with E-state index in [2.05, 4.69) is 43.5 Å². The highest BCUT2D eigenvalue weighted by Gasteiger charge is 2.12. The highest BCUT2D eigenvalue weighted by molar-refractivity contribution is 14.0. The van der Waals surface area contributed by atoms with E-state index in [9.17, 15) is 4.79 Å². The van der Waals surface area contributed by atoms with E-state index in [0.29, 0.717) is 25.5 Å². The van der Waals surface area contributed by atoms with Crippen molar-refractivity contribution in [1.82, 2.24) is 15.5 Å². The average Bonchev–Trinajstić information content (AvgIpc) is 2.67.